The van der Waals surface area contributed by atoms with Crippen molar-refractivity contribution in [2.24, 2.45) is 0 Å². The molecule has 0 unspecified atom stereocenters. The molecule has 0 aliphatic rings. The molecule has 0 heterocycles. The van der Waals surface area contributed by atoms with Crippen LogP contribution in [0.15, 0.2) is 42.5 Å². The molecule has 0 aromatic heterocycles. The molecule has 2 rings (SSSR count). The van der Waals surface area contributed by atoms with Gasteiger partial charge in [-0.2, -0.15) is 0 Å². The number of anilines is 1. The molecule has 2 aromatic carbocycles. The van der Waals surface area contributed by atoms with Gasteiger partial charge in [0.05, 0.1) is 7.11 Å². The summed E-state index contributed by atoms with van der Waals surface area (Å²) in [5.41, 5.74) is 2.58. The van der Waals surface area contributed by atoms with Crippen molar-refractivity contribution in [3.05, 3.63) is 63.6 Å². The Kier molecular flexibility index (Phi) is 9.89. The van der Waals surface area contributed by atoms with Gasteiger partial charge in [-0.3, -0.25) is 9.69 Å². The predicted octanol–water partition coefficient (Wildman–Crippen LogP) is 6.71. The number of nitrogens with zero attached hydrogens (tertiary/aromatic N) is 1. The van der Waals surface area contributed by atoms with Crippen LogP contribution in [0.2, 0.25) is 10.0 Å². The number of ether oxygens (including phenoxy) is 1. The predicted molar refractivity (Wildman–Crippen MR) is 132 cm³/mol. The van der Waals surface area contributed by atoms with E-state index >= 15 is 0 Å². The van der Waals surface area contributed by atoms with E-state index in [1.807, 2.05) is 18.2 Å². The van der Waals surface area contributed by atoms with Crippen LogP contribution < -0.4 is 10.1 Å². The molecule has 1 amide bonds. The van der Waals surface area contributed by atoms with Gasteiger partial charge in [-0.25, -0.2) is 0 Å². The standard InChI is InChI=1S/C25H32Cl2N2O2/c1-17(2)29(18(3)4)12-6-7-20-15-23(9-10-24(20)31-5)28-25(30)11-8-19-13-21(26)16-22(27)14-19/h8-11,13-18H,6-7,12H2,1-5H3,(H,28,30). The first-order valence-corrected chi connectivity index (χ1v) is 11.3. The van der Waals surface area contributed by atoms with Crippen molar-refractivity contribution in [1.29, 1.82) is 0 Å². The van der Waals surface area contributed by atoms with Crippen molar-refractivity contribution in [1.82, 2.24) is 4.90 Å². The first kappa shape index (κ1) is 25.3. The molecular formula is C25H32Cl2N2O2. The normalized spacial score (nSPS) is 11.7. The Morgan fingerprint density at radius 1 is 1.06 bits per heavy atom. The van der Waals surface area contributed by atoms with Gasteiger partial charge in [0.15, 0.2) is 0 Å². The maximum Gasteiger partial charge on any atom is 0.248 e. The van der Waals surface area contributed by atoms with Crippen LogP contribution in [-0.2, 0) is 11.2 Å². The third-order valence-electron chi connectivity index (χ3n) is 5.05. The highest BCUT2D eigenvalue weighted by atomic mass is 35.5. The molecule has 168 valence electrons. The average Bonchev–Trinajstić information content (AvgIpc) is 2.68. The minimum Gasteiger partial charge on any atom is -0.496 e. The third kappa shape index (κ3) is 8.21. The molecule has 0 saturated heterocycles. The second-order valence-electron chi connectivity index (χ2n) is 8.08. The lowest BCUT2D eigenvalue weighted by molar-refractivity contribution is -0.111. The fraction of sp³-hybridized carbons (Fsp3) is 0.400. The first-order chi connectivity index (χ1) is 14.7. The van der Waals surface area contributed by atoms with Gasteiger partial charge < -0.3 is 10.1 Å². The summed E-state index contributed by atoms with van der Waals surface area (Å²) in [4.78, 5) is 14.9. The molecule has 0 bridgehead atoms. The largest absolute Gasteiger partial charge is 0.496 e. The monoisotopic (exact) mass is 462 g/mol. The Labute approximate surface area is 196 Å². The van der Waals surface area contributed by atoms with Crippen LogP contribution in [0, 0.1) is 0 Å². The van der Waals surface area contributed by atoms with Crippen LogP contribution in [0.4, 0.5) is 5.69 Å². The second kappa shape index (κ2) is 12.1. The Hall–Kier alpha value is -2.01. The van der Waals surface area contributed by atoms with Crippen LogP contribution in [0.3, 0.4) is 0 Å². The number of rotatable bonds is 10. The zero-order valence-electron chi connectivity index (χ0n) is 18.9. The maximum absolute atomic E-state index is 12.4. The Balaban J connectivity index is 2.03. The number of aryl methyl sites for hydroxylation is 1. The third-order valence-corrected chi connectivity index (χ3v) is 5.49. The SMILES string of the molecule is COc1ccc(NC(=O)C=Cc2cc(Cl)cc(Cl)c2)cc1CCCN(C(C)C)C(C)C. The number of benzene rings is 2. The number of carbonyl (C=O) groups excluding carboxylic acids is 1. The number of methoxy groups -OCH3 is 1. The molecule has 0 aliphatic carbocycles. The topological polar surface area (TPSA) is 41.6 Å². The smallest absolute Gasteiger partial charge is 0.248 e. The summed E-state index contributed by atoms with van der Waals surface area (Å²) in [6, 6.07) is 11.9. The Bertz CT molecular complexity index is 882. The Morgan fingerprint density at radius 3 is 2.29 bits per heavy atom. The van der Waals surface area contributed by atoms with Gasteiger partial charge in [-0.05, 0) is 101 Å². The minimum atomic E-state index is -0.224. The molecule has 6 heteroatoms. The molecule has 1 N–H and O–H groups in total. The number of amides is 1. The summed E-state index contributed by atoms with van der Waals surface area (Å²) < 4.78 is 5.52. The molecule has 31 heavy (non-hydrogen) atoms. The summed E-state index contributed by atoms with van der Waals surface area (Å²) in [6.07, 6.45) is 5.04. The van der Waals surface area contributed by atoms with Crippen LogP contribution in [-0.4, -0.2) is 36.5 Å². The summed E-state index contributed by atoms with van der Waals surface area (Å²) in [6.45, 7) is 9.91. The van der Waals surface area contributed by atoms with E-state index in [0.29, 0.717) is 22.1 Å². The molecular weight excluding hydrogens is 431 g/mol. The zero-order chi connectivity index (χ0) is 23.0. The molecule has 0 saturated carbocycles. The number of hydrogen-bond donors (Lipinski definition) is 1. The van der Waals surface area contributed by atoms with Crippen LogP contribution in [0.1, 0.15) is 45.2 Å². The van der Waals surface area contributed by atoms with Gasteiger partial charge >= 0.3 is 0 Å². The zero-order valence-corrected chi connectivity index (χ0v) is 20.4. The maximum atomic E-state index is 12.4. The van der Waals surface area contributed by atoms with E-state index < -0.39 is 0 Å². The van der Waals surface area contributed by atoms with E-state index in [-0.39, 0.29) is 5.91 Å². The lowest BCUT2D eigenvalue weighted by atomic mass is 10.1. The van der Waals surface area contributed by atoms with Crippen LogP contribution >= 0.6 is 23.2 Å². The molecule has 4 nitrogen and oxygen atoms in total. The average molecular weight is 463 g/mol. The van der Waals surface area contributed by atoms with E-state index in [0.717, 1.165) is 42.0 Å². The number of hydrogen-bond acceptors (Lipinski definition) is 3. The van der Waals surface area contributed by atoms with Gasteiger partial charge in [0.2, 0.25) is 5.91 Å². The second-order valence-corrected chi connectivity index (χ2v) is 8.95. The van der Waals surface area contributed by atoms with E-state index in [1.165, 1.54) is 6.08 Å². The number of nitrogens with one attached hydrogen (secondary N) is 1. The van der Waals surface area contributed by atoms with Gasteiger partial charge in [-0.1, -0.05) is 23.2 Å². The van der Waals surface area contributed by atoms with Crippen molar-refractivity contribution in [3.63, 3.8) is 0 Å². The molecule has 0 radical (unpaired) electrons. The van der Waals surface area contributed by atoms with E-state index in [9.17, 15) is 4.79 Å². The van der Waals surface area contributed by atoms with Crippen LogP contribution in [0.25, 0.3) is 6.08 Å². The van der Waals surface area contributed by atoms with E-state index in [1.54, 1.807) is 31.4 Å². The van der Waals surface area contributed by atoms with E-state index in [4.69, 9.17) is 27.9 Å². The fourth-order valence-electron chi connectivity index (χ4n) is 3.64. The lowest BCUT2D eigenvalue weighted by Crippen LogP contribution is -2.37. The quantitative estimate of drug-likeness (QED) is 0.399. The molecule has 0 spiro atoms. The minimum absolute atomic E-state index is 0.224. The van der Waals surface area contributed by atoms with Gasteiger partial charge in [-0.15, -0.1) is 0 Å². The highest BCUT2D eigenvalue weighted by molar-refractivity contribution is 6.34. The van der Waals surface area contributed by atoms with Crippen molar-refractivity contribution in [2.75, 3.05) is 19.0 Å². The van der Waals surface area contributed by atoms with Crippen molar-refractivity contribution < 1.29 is 9.53 Å². The fourth-order valence-corrected chi connectivity index (χ4v) is 4.19. The Morgan fingerprint density at radius 2 is 1.71 bits per heavy atom. The van der Waals surface area contributed by atoms with Crippen molar-refractivity contribution in [3.8, 4) is 5.75 Å². The first-order valence-electron chi connectivity index (χ1n) is 10.6. The molecule has 0 atom stereocenters. The molecule has 2 aromatic rings. The van der Waals surface area contributed by atoms with Crippen molar-refractivity contribution in [2.45, 2.75) is 52.6 Å². The summed E-state index contributed by atoms with van der Waals surface area (Å²) >= 11 is 12.0. The van der Waals surface area contributed by atoms with Crippen LogP contribution in [0.5, 0.6) is 5.75 Å². The van der Waals surface area contributed by atoms with E-state index in [2.05, 4.69) is 37.9 Å². The van der Waals surface area contributed by atoms with Gasteiger partial charge in [0.1, 0.15) is 5.75 Å². The summed E-state index contributed by atoms with van der Waals surface area (Å²) in [5, 5.41) is 3.97. The number of carbonyl (C=O) groups is 1. The lowest BCUT2D eigenvalue weighted by Gasteiger charge is -2.30. The molecule has 0 fully saturated rings. The van der Waals surface area contributed by atoms with Gasteiger partial charge in [0.25, 0.3) is 0 Å². The number of halogens is 2. The highest BCUT2D eigenvalue weighted by Gasteiger charge is 2.13. The highest BCUT2D eigenvalue weighted by Crippen LogP contribution is 2.25. The van der Waals surface area contributed by atoms with Gasteiger partial charge in [0, 0.05) is 33.9 Å². The summed E-state index contributed by atoms with van der Waals surface area (Å²) in [5.74, 6) is 0.612. The van der Waals surface area contributed by atoms with Crippen molar-refractivity contribution >= 4 is 40.9 Å². The summed E-state index contributed by atoms with van der Waals surface area (Å²) in [7, 11) is 1.67. The molecule has 0 aliphatic heterocycles.